The third kappa shape index (κ3) is 3.53. The molecule has 1 unspecified atom stereocenters. The van der Waals surface area contributed by atoms with Crippen LogP contribution < -0.4 is 5.32 Å². The molecule has 0 bridgehead atoms. The zero-order valence-electron chi connectivity index (χ0n) is 11.4. The molecule has 1 N–H and O–H groups in total. The van der Waals surface area contributed by atoms with Gasteiger partial charge in [-0.3, -0.25) is 4.79 Å². The van der Waals surface area contributed by atoms with Gasteiger partial charge in [0.25, 0.3) is 0 Å². The first-order valence-corrected chi connectivity index (χ1v) is 7.21. The lowest BCUT2D eigenvalue weighted by Gasteiger charge is -2.42. The summed E-state index contributed by atoms with van der Waals surface area (Å²) in [4.78, 5) is 12.2. The van der Waals surface area contributed by atoms with Gasteiger partial charge in [0.05, 0.1) is 5.60 Å². The van der Waals surface area contributed by atoms with Crippen molar-refractivity contribution in [1.82, 2.24) is 5.32 Å². The van der Waals surface area contributed by atoms with Gasteiger partial charge in [-0.1, -0.05) is 6.92 Å². The third-order valence-electron chi connectivity index (χ3n) is 4.15. The molecule has 1 atom stereocenters. The summed E-state index contributed by atoms with van der Waals surface area (Å²) in [6, 6.07) is 0. The van der Waals surface area contributed by atoms with E-state index in [0.29, 0.717) is 12.2 Å². The average Bonchev–Trinajstić information content (AvgIpc) is 2.40. The van der Waals surface area contributed by atoms with Crippen molar-refractivity contribution in [3.05, 3.63) is 0 Å². The molecule has 2 heterocycles. The van der Waals surface area contributed by atoms with E-state index in [2.05, 4.69) is 12.2 Å². The normalized spacial score (nSPS) is 27.3. The maximum Gasteiger partial charge on any atom is 0.137 e. The maximum absolute atomic E-state index is 12.2. The summed E-state index contributed by atoms with van der Waals surface area (Å²) in [5, 5.41) is 3.22. The molecule has 4 heteroatoms. The summed E-state index contributed by atoms with van der Waals surface area (Å²) in [7, 11) is 0. The molecule has 0 amide bonds. The van der Waals surface area contributed by atoms with Gasteiger partial charge in [0.1, 0.15) is 5.78 Å². The lowest BCUT2D eigenvalue weighted by Crippen LogP contribution is -2.46. The van der Waals surface area contributed by atoms with Crippen LogP contribution in [0, 0.1) is 5.92 Å². The minimum Gasteiger partial charge on any atom is -0.381 e. The topological polar surface area (TPSA) is 47.6 Å². The van der Waals surface area contributed by atoms with Crippen molar-refractivity contribution in [2.24, 2.45) is 5.92 Å². The fraction of sp³-hybridized carbons (Fsp3) is 0.929. The van der Waals surface area contributed by atoms with Gasteiger partial charge in [-0.05, 0) is 32.2 Å². The fourth-order valence-electron chi connectivity index (χ4n) is 2.99. The van der Waals surface area contributed by atoms with E-state index in [1.54, 1.807) is 0 Å². The quantitative estimate of drug-likeness (QED) is 0.757. The average molecular weight is 255 g/mol. The van der Waals surface area contributed by atoms with Crippen LogP contribution in [-0.2, 0) is 14.3 Å². The summed E-state index contributed by atoms with van der Waals surface area (Å²) in [6.07, 6.45) is 4.36. The molecule has 2 aliphatic rings. The van der Waals surface area contributed by atoms with E-state index in [1.807, 2.05) is 0 Å². The smallest absolute Gasteiger partial charge is 0.137 e. The van der Waals surface area contributed by atoms with E-state index in [4.69, 9.17) is 9.47 Å². The van der Waals surface area contributed by atoms with Crippen molar-refractivity contribution in [3.63, 3.8) is 0 Å². The van der Waals surface area contributed by atoms with Crippen LogP contribution in [0.25, 0.3) is 0 Å². The van der Waals surface area contributed by atoms with Crippen LogP contribution in [-0.4, -0.2) is 44.3 Å². The van der Waals surface area contributed by atoms with Crippen molar-refractivity contribution >= 4 is 5.78 Å². The highest BCUT2D eigenvalue weighted by Gasteiger charge is 2.40. The summed E-state index contributed by atoms with van der Waals surface area (Å²) in [6.45, 7) is 6.09. The number of Topliss-reactive ketones (excluding diaryl/α,β-unsaturated/α-hetero) is 1. The number of hydrogen-bond acceptors (Lipinski definition) is 4. The molecule has 0 aliphatic carbocycles. The van der Waals surface area contributed by atoms with E-state index in [-0.39, 0.29) is 11.5 Å². The Labute approximate surface area is 109 Å². The first-order chi connectivity index (χ1) is 8.76. The van der Waals surface area contributed by atoms with E-state index < -0.39 is 0 Å². The Morgan fingerprint density at radius 3 is 2.83 bits per heavy atom. The van der Waals surface area contributed by atoms with Crippen LogP contribution in [0.1, 0.15) is 39.0 Å². The van der Waals surface area contributed by atoms with Crippen molar-refractivity contribution < 1.29 is 14.3 Å². The largest absolute Gasteiger partial charge is 0.381 e. The molecule has 1 spiro atoms. The van der Waals surface area contributed by atoms with Crippen molar-refractivity contribution in [3.8, 4) is 0 Å². The molecule has 0 aromatic heterocycles. The molecule has 4 nitrogen and oxygen atoms in total. The van der Waals surface area contributed by atoms with Gasteiger partial charge in [-0.25, -0.2) is 0 Å². The Bertz CT molecular complexity index is 269. The fourth-order valence-corrected chi connectivity index (χ4v) is 2.99. The number of ketones is 1. The lowest BCUT2D eigenvalue weighted by molar-refractivity contribution is -0.156. The van der Waals surface area contributed by atoms with Crippen LogP contribution in [0.4, 0.5) is 0 Å². The van der Waals surface area contributed by atoms with Gasteiger partial charge in [0, 0.05) is 38.7 Å². The van der Waals surface area contributed by atoms with Gasteiger partial charge >= 0.3 is 0 Å². The van der Waals surface area contributed by atoms with Crippen LogP contribution in [0.5, 0.6) is 0 Å². The second-order valence-corrected chi connectivity index (χ2v) is 5.40. The first kappa shape index (κ1) is 14.0. The molecular weight excluding hydrogens is 230 g/mol. The zero-order chi connectivity index (χ0) is 12.8. The highest BCUT2D eigenvalue weighted by molar-refractivity contribution is 5.81. The molecule has 18 heavy (non-hydrogen) atoms. The second-order valence-electron chi connectivity index (χ2n) is 5.40. The van der Waals surface area contributed by atoms with Gasteiger partial charge in [-0.2, -0.15) is 0 Å². The SMILES string of the molecule is CCNCCC(=O)C1CCOC2(CCOCC2)C1. The van der Waals surface area contributed by atoms with Crippen LogP contribution >= 0.6 is 0 Å². The monoisotopic (exact) mass is 255 g/mol. The molecule has 2 rings (SSSR count). The standard InChI is InChI=1S/C14H25NO3/c1-2-15-7-3-13(16)12-4-8-18-14(11-12)5-9-17-10-6-14/h12,15H,2-11H2,1H3. The lowest BCUT2D eigenvalue weighted by atomic mass is 9.78. The molecule has 104 valence electrons. The minimum atomic E-state index is -0.0605. The number of carbonyl (C=O) groups is 1. The molecular formula is C14H25NO3. The summed E-state index contributed by atoms with van der Waals surface area (Å²) in [5.74, 6) is 0.612. The van der Waals surface area contributed by atoms with Crippen LogP contribution in [0.3, 0.4) is 0 Å². The Balaban J connectivity index is 1.83. The molecule has 2 saturated heterocycles. The number of rotatable bonds is 5. The summed E-state index contributed by atoms with van der Waals surface area (Å²) >= 11 is 0. The molecule has 2 aliphatic heterocycles. The van der Waals surface area contributed by atoms with E-state index >= 15 is 0 Å². The number of ether oxygens (including phenoxy) is 2. The van der Waals surface area contributed by atoms with Gasteiger partial charge < -0.3 is 14.8 Å². The second kappa shape index (κ2) is 6.64. The highest BCUT2D eigenvalue weighted by Crippen LogP contribution is 2.37. The van der Waals surface area contributed by atoms with E-state index in [9.17, 15) is 4.79 Å². The summed E-state index contributed by atoms with van der Waals surface area (Å²) in [5.41, 5.74) is -0.0605. The molecule has 0 aromatic rings. The number of nitrogens with one attached hydrogen (secondary N) is 1. The number of carbonyl (C=O) groups excluding carboxylic acids is 1. The Morgan fingerprint density at radius 2 is 2.11 bits per heavy atom. The first-order valence-electron chi connectivity index (χ1n) is 7.21. The van der Waals surface area contributed by atoms with Gasteiger partial charge in [0.2, 0.25) is 0 Å². The molecule has 0 aromatic carbocycles. The Morgan fingerprint density at radius 1 is 1.33 bits per heavy atom. The zero-order valence-corrected chi connectivity index (χ0v) is 11.4. The van der Waals surface area contributed by atoms with Crippen molar-refractivity contribution in [2.75, 3.05) is 32.9 Å². The molecule has 0 saturated carbocycles. The van der Waals surface area contributed by atoms with E-state index in [1.165, 1.54) is 0 Å². The molecule has 2 fully saturated rings. The number of hydrogen-bond donors (Lipinski definition) is 1. The predicted molar refractivity (Wildman–Crippen MR) is 69.6 cm³/mol. The summed E-state index contributed by atoms with van der Waals surface area (Å²) < 4.78 is 11.4. The van der Waals surface area contributed by atoms with Crippen molar-refractivity contribution in [2.45, 2.75) is 44.6 Å². The van der Waals surface area contributed by atoms with Crippen LogP contribution in [0.15, 0.2) is 0 Å². The highest BCUT2D eigenvalue weighted by atomic mass is 16.5. The third-order valence-corrected chi connectivity index (χ3v) is 4.15. The van der Waals surface area contributed by atoms with E-state index in [0.717, 1.165) is 58.6 Å². The Hall–Kier alpha value is -0.450. The predicted octanol–water partition coefficient (Wildman–Crippen LogP) is 1.53. The Kier molecular flexibility index (Phi) is 5.15. The maximum atomic E-state index is 12.2. The van der Waals surface area contributed by atoms with Gasteiger partial charge in [0.15, 0.2) is 0 Å². The van der Waals surface area contributed by atoms with Crippen LogP contribution in [0.2, 0.25) is 0 Å². The molecule has 0 radical (unpaired) electrons. The van der Waals surface area contributed by atoms with Crippen molar-refractivity contribution in [1.29, 1.82) is 0 Å². The van der Waals surface area contributed by atoms with Gasteiger partial charge in [-0.15, -0.1) is 0 Å². The minimum absolute atomic E-state index is 0.0605.